The molecule has 0 amide bonds. The Morgan fingerprint density at radius 2 is 1.69 bits per heavy atom. The molecule has 16 heavy (non-hydrogen) atoms. The van der Waals surface area contributed by atoms with Crippen molar-refractivity contribution in [2.45, 2.75) is 32.1 Å². The van der Waals surface area contributed by atoms with Gasteiger partial charge in [0.1, 0.15) is 5.78 Å². The Balaban J connectivity index is 2.73. The fourth-order valence-electron chi connectivity index (χ4n) is 2.12. The van der Waals surface area contributed by atoms with E-state index in [4.69, 9.17) is 0 Å². The van der Waals surface area contributed by atoms with E-state index in [-0.39, 0.29) is 25.0 Å². The number of ether oxygens (including phenoxy) is 2. The van der Waals surface area contributed by atoms with Crippen LogP contribution in [0.25, 0.3) is 0 Å². The molecule has 5 heteroatoms. The topological polar surface area (TPSA) is 69.7 Å². The highest BCUT2D eigenvalue weighted by molar-refractivity contribution is 5.84. The van der Waals surface area contributed by atoms with E-state index in [9.17, 15) is 14.4 Å². The normalized spacial score (nSPS) is 18.2. The fraction of sp³-hybridized carbons (Fsp3) is 0.727. The number of carbonyl (C=O) groups excluding carboxylic acids is 3. The van der Waals surface area contributed by atoms with Crippen molar-refractivity contribution in [3.8, 4) is 0 Å². The molecule has 0 N–H and O–H groups in total. The van der Waals surface area contributed by atoms with Gasteiger partial charge in [-0.25, -0.2) is 0 Å². The Morgan fingerprint density at radius 3 is 2.00 bits per heavy atom. The van der Waals surface area contributed by atoms with Crippen molar-refractivity contribution in [3.05, 3.63) is 0 Å². The van der Waals surface area contributed by atoms with Crippen molar-refractivity contribution >= 4 is 17.7 Å². The molecular formula is C11H16O5. The second-order valence-corrected chi connectivity index (χ2v) is 4.22. The minimum Gasteiger partial charge on any atom is -0.469 e. The Kier molecular flexibility index (Phi) is 4.04. The second kappa shape index (κ2) is 5.09. The number of rotatable bonds is 4. The molecule has 0 saturated heterocycles. The van der Waals surface area contributed by atoms with Gasteiger partial charge in [-0.2, -0.15) is 0 Å². The highest BCUT2D eigenvalue weighted by Crippen LogP contribution is 2.42. The van der Waals surface area contributed by atoms with Crippen molar-refractivity contribution in [1.82, 2.24) is 0 Å². The van der Waals surface area contributed by atoms with Gasteiger partial charge in [-0.3, -0.25) is 14.4 Å². The van der Waals surface area contributed by atoms with E-state index < -0.39 is 17.4 Å². The maximum absolute atomic E-state index is 11.3. The summed E-state index contributed by atoms with van der Waals surface area (Å²) in [5, 5.41) is 0. The summed E-state index contributed by atoms with van der Waals surface area (Å²) < 4.78 is 9.17. The minimum absolute atomic E-state index is 0.0906. The van der Waals surface area contributed by atoms with E-state index >= 15 is 0 Å². The molecule has 1 fully saturated rings. The quantitative estimate of drug-likeness (QED) is 0.667. The lowest BCUT2D eigenvalue weighted by Gasteiger charge is -2.25. The standard InChI is InChI=1S/C11H16O5/c1-15-9(13)6-11(7-10(14)16-2)4-3-8(12)5-11/h3-7H2,1-2H3. The van der Waals surface area contributed by atoms with Crippen LogP contribution in [0.5, 0.6) is 0 Å². The van der Waals surface area contributed by atoms with Crippen LogP contribution < -0.4 is 0 Å². The molecule has 0 atom stereocenters. The summed E-state index contributed by atoms with van der Waals surface area (Å²) in [4.78, 5) is 33.8. The van der Waals surface area contributed by atoms with E-state index in [0.717, 1.165) is 0 Å². The first-order valence-corrected chi connectivity index (χ1v) is 5.17. The van der Waals surface area contributed by atoms with Crippen LogP contribution in [0.4, 0.5) is 0 Å². The Morgan fingerprint density at radius 1 is 1.19 bits per heavy atom. The monoisotopic (exact) mass is 228 g/mol. The van der Waals surface area contributed by atoms with Crippen LogP contribution in [0.15, 0.2) is 0 Å². The first-order valence-electron chi connectivity index (χ1n) is 5.17. The highest BCUT2D eigenvalue weighted by Gasteiger charge is 2.42. The Hall–Kier alpha value is -1.39. The predicted molar refractivity (Wildman–Crippen MR) is 54.6 cm³/mol. The average molecular weight is 228 g/mol. The Bertz CT molecular complexity index is 289. The van der Waals surface area contributed by atoms with Crippen LogP contribution in [0.1, 0.15) is 32.1 Å². The van der Waals surface area contributed by atoms with Crippen LogP contribution in [0.3, 0.4) is 0 Å². The summed E-state index contributed by atoms with van der Waals surface area (Å²) in [6, 6.07) is 0. The third kappa shape index (κ3) is 3.05. The minimum atomic E-state index is -0.586. The number of Topliss-reactive ketones (excluding diaryl/α,β-unsaturated/α-hetero) is 1. The van der Waals surface area contributed by atoms with Crippen LogP contribution in [0, 0.1) is 5.41 Å². The molecule has 0 unspecified atom stereocenters. The van der Waals surface area contributed by atoms with Crippen molar-refractivity contribution in [3.63, 3.8) is 0 Å². The van der Waals surface area contributed by atoms with Crippen molar-refractivity contribution in [1.29, 1.82) is 0 Å². The third-order valence-electron chi connectivity index (χ3n) is 3.00. The molecule has 1 aliphatic carbocycles. The van der Waals surface area contributed by atoms with Gasteiger partial charge < -0.3 is 9.47 Å². The number of esters is 2. The zero-order valence-corrected chi connectivity index (χ0v) is 9.58. The summed E-state index contributed by atoms with van der Waals surface area (Å²) in [6.07, 6.45) is 1.44. The molecule has 1 rings (SSSR count). The van der Waals surface area contributed by atoms with E-state index in [0.29, 0.717) is 12.8 Å². The van der Waals surface area contributed by atoms with Crippen LogP contribution in [-0.4, -0.2) is 31.9 Å². The van der Waals surface area contributed by atoms with Gasteiger partial charge in [0.2, 0.25) is 0 Å². The first-order chi connectivity index (χ1) is 7.51. The molecule has 0 aliphatic heterocycles. The van der Waals surface area contributed by atoms with Gasteiger partial charge in [0, 0.05) is 12.8 Å². The second-order valence-electron chi connectivity index (χ2n) is 4.22. The number of methoxy groups -OCH3 is 2. The van der Waals surface area contributed by atoms with Crippen LogP contribution in [-0.2, 0) is 23.9 Å². The zero-order chi connectivity index (χ0) is 12.2. The highest BCUT2D eigenvalue weighted by atomic mass is 16.5. The SMILES string of the molecule is COC(=O)CC1(CC(=O)OC)CCC(=O)C1. The average Bonchev–Trinajstić information content (AvgIpc) is 2.59. The molecular weight excluding hydrogens is 212 g/mol. The summed E-state index contributed by atoms with van der Waals surface area (Å²) >= 11 is 0. The van der Waals surface area contributed by atoms with Gasteiger partial charge >= 0.3 is 11.9 Å². The molecule has 90 valence electrons. The van der Waals surface area contributed by atoms with E-state index in [1.54, 1.807) is 0 Å². The fourth-order valence-corrected chi connectivity index (χ4v) is 2.12. The number of hydrogen-bond acceptors (Lipinski definition) is 5. The van der Waals surface area contributed by atoms with E-state index in [2.05, 4.69) is 9.47 Å². The van der Waals surface area contributed by atoms with Crippen molar-refractivity contribution in [2.75, 3.05) is 14.2 Å². The molecule has 0 spiro atoms. The number of ketones is 1. The van der Waals surface area contributed by atoms with Crippen molar-refractivity contribution in [2.24, 2.45) is 5.41 Å². The predicted octanol–water partition coefficient (Wildman–Crippen LogP) is 0.852. The van der Waals surface area contributed by atoms with Gasteiger partial charge in [-0.15, -0.1) is 0 Å². The van der Waals surface area contributed by atoms with E-state index in [1.165, 1.54) is 14.2 Å². The van der Waals surface area contributed by atoms with Gasteiger partial charge in [0.25, 0.3) is 0 Å². The molecule has 0 radical (unpaired) electrons. The molecule has 0 heterocycles. The molecule has 0 aromatic rings. The Labute approximate surface area is 94.1 Å². The zero-order valence-electron chi connectivity index (χ0n) is 9.58. The lowest BCUT2D eigenvalue weighted by Crippen LogP contribution is -2.26. The largest absolute Gasteiger partial charge is 0.469 e. The first kappa shape index (κ1) is 12.7. The molecule has 0 bridgehead atoms. The maximum Gasteiger partial charge on any atom is 0.306 e. The smallest absolute Gasteiger partial charge is 0.306 e. The molecule has 0 aromatic heterocycles. The van der Waals surface area contributed by atoms with Gasteiger partial charge in [0.05, 0.1) is 27.1 Å². The maximum atomic E-state index is 11.3. The van der Waals surface area contributed by atoms with Crippen LogP contribution >= 0.6 is 0 Å². The van der Waals surface area contributed by atoms with E-state index in [1.807, 2.05) is 0 Å². The molecule has 1 saturated carbocycles. The third-order valence-corrected chi connectivity index (χ3v) is 3.00. The van der Waals surface area contributed by atoms with Gasteiger partial charge in [0.15, 0.2) is 0 Å². The van der Waals surface area contributed by atoms with Crippen molar-refractivity contribution < 1.29 is 23.9 Å². The summed E-state index contributed by atoms with van der Waals surface area (Å²) in [7, 11) is 2.59. The molecule has 5 nitrogen and oxygen atoms in total. The summed E-state index contributed by atoms with van der Waals surface area (Å²) in [5.74, 6) is -0.690. The lowest BCUT2D eigenvalue weighted by atomic mass is 9.79. The summed E-state index contributed by atoms with van der Waals surface area (Å²) in [6.45, 7) is 0. The van der Waals surface area contributed by atoms with Gasteiger partial charge in [-0.05, 0) is 11.8 Å². The number of hydrogen-bond donors (Lipinski definition) is 0. The molecule has 1 aliphatic rings. The molecule has 0 aromatic carbocycles. The lowest BCUT2D eigenvalue weighted by molar-refractivity contribution is -0.147. The summed E-state index contributed by atoms with van der Waals surface area (Å²) in [5.41, 5.74) is -0.586. The van der Waals surface area contributed by atoms with Crippen LogP contribution in [0.2, 0.25) is 0 Å². The van der Waals surface area contributed by atoms with Gasteiger partial charge in [-0.1, -0.05) is 0 Å². The number of carbonyl (C=O) groups is 3.